The van der Waals surface area contributed by atoms with E-state index in [-0.39, 0.29) is 27.9 Å². The van der Waals surface area contributed by atoms with E-state index in [1.165, 1.54) is 6.07 Å². The lowest BCUT2D eigenvalue weighted by Crippen LogP contribution is -2.40. The summed E-state index contributed by atoms with van der Waals surface area (Å²) in [6, 6.07) is 11.8. The maximum Gasteiger partial charge on any atom is 0.343 e. The van der Waals surface area contributed by atoms with Gasteiger partial charge in [-0.2, -0.15) is 5.26 Å². The Bertz CT molecular complexity index is 1860. The summed E-state index contributed by atoms with van der Waals surface area (Å²) < 4.78 is 55.5. The predicted octanol–water partition coefficient (Wildman–Crippen LogP) is 4.03. The molecule has 0 saturated carbocycles. The van der Waals surface area contributed by atoms with Crippen LogP contribution in [0.3, 0.4) is 0 Å². The van der Waals surface area contributed by atoms with E-state index in [0.717, 1.165) is 57.0 Å². The Morgan fingerprint density at radius 3 is 2.42 bits per heavy atom. The maximum absolute atomic E-state index is 16.4. The molecule has 2 aromatic rings. The van der Waals surface area contributed by atoms with Gasteiger partial charge in [-0.15, -0.1) is 0 Å². The minimum atomic E-state index is -2.46. The van der Waals surface area contributed by atoms with Gasteiger partial charge in [0.1, 0.15) is 35.8 Å². The van der Waals surface area contributed by atoms with Gasteiger partial charge in [0.05, 0.1) is 18.5 Å². The second-order valence-corrected chi connectivity index (χ2v) is 10.2. The average Bonchev–Trinajstić information content (AvgIpc) is 2.87. The lowest BCUT2D eigenvalue weighted by Gasteiger charge is -2.33. The summed E-state index contributed by atoms with van der Waals surface area (Å²) in [5, 5.41) is 22.9. The fourth-order valence-corrected chi connectivity index (χ4v) is 5.33. The van der Waals surface area contributed by atoms with Gasteiger partial charge in [-0.1, -0.05) is 0 Å². The van der Waals surface area contributed by atoms with Crippen LogP contribution in [0.1, 0.15) is 35.7 Å². The number of rotatable bonds is 4. The summed E-state index contributed by atoms with van der Waals surface area (Å²) in [6.45, 7) is 11.7. The zero-order chi connectivity index (χ0) is 28.3. The normalized spacial score (nSPS) is 16.1. The van der Waals surface area contributed by atoms with Gasteiger partial charge in [0.25, 0.3) is 0 Å². The first-order chi connectivity index (χ1) is 19.2. The second kappa shape index (κ2) is 9.13. The van der Waals surface area contributed by atoms with Crippen molar-refractivity contribution in [3.8, 4) is 28.5 Å². The third kappa shape index (κ3) is 3.64. The number of carbonyl (C=O) groups excluding carboxylic acids is 1. The Hall–Kier alpha value is -4.83. The van der Waals surface area contributed by atoms with Gasteiger partial charge in [0, 0.05) is 65.5 Å². The van der Waals surface area contributed by atoms with Crippen LogP contribution in [0, 0.1) is 35.4 Å². The number of carbonyl (C=O) groups is 1. The van der Waals surface area contributed by atoms with E-state index in [1.54, 1.807) is 36.4 Å². The smallest absolute Gasteiger partial charge is 0.343 e. The van der Waals surface area contributed by atoms with Crippen LogP contribution in [-0.4, -0.2) is 32.1 Å². The summed E-state index contributed by atoms with van der Waals surface area (Å²) in [4.78, 5) is 17.4. The van der Waals surface area contributed by atoms with Crippen LogP contribution in [0.2, 0.25) is 0 Å². The van der Waals surface area contributed by atoms with Crippen molar-refractivity contribution < 1.29 is 27.5 Å². The molecule has 3 heterocycles. The van der Waals surface area contributed by atoms with Gasteiger partial charge in [-0.3, -0.25) is 4.85 Å². The van der Waals surface area contributed by atoms with Crippen LogP contribution in [0.15, 0.2) is 40.8 Å². The number of carboxylic acids is 1. The van der Waals surface area contributed by atoms with E-state index in [4.69, 9.17) is 11.0 Å². The Morgan fingerprint density at radius 1 is 1.10 bits per heavy atom. The van der Waals surface area contributed by atoms with Gasteiger partial charge < -0.3 is 19.2 Å². The molecule has 2 aromatic carbocycles. The molecule has 0 N–H and O–H groups in total. The molecule has 0 radical (unpaired) electrons. The predicted molar refractivity (Wildman–Crippen MR) is 138 cm³/mol. The zero-order valence-corrected chi connectivity index (χ0v) is 21.4. The number of fused-ring (bicyclic) bond motifs is 2. The second-order valence-electron chi connectivity index (χ2n) is 10.2. The first kappa shape index (κ1) is 25.4. The number of halogens is 3. The molecule has 200 valence electrons. The van der Waals surface area contributed by atoms with Gasteiger partial charge in [-0.25, -0.2) is 24.3 Å². The van der Waals surface area contributed by atoms with E-state index in [2.05, 4.69) is 14.3 Å². The number of nitrogens with zero attached hydrogens (tertiary/aromatic N) is 4. The number of nitriles is 1. The van der Waals surface area contributed by atoms with Crippen LogP contribution < -0.4 is 19.9 Å². The molecular weight excluding hydrogens is 521 g/mol. The first-order valence-electron chi connectivity index (χ1n) is 12.7. The monoisotopic (exact) mass is 542 g/mol. The van der Waals surface area contributed by atoms with Crippen molar-refractivity contribution in [3.63, 3.8) is 0 Å². The third-order valence-corrected chi connectivity index (χ3v) is 7.83. The van der Waals surface area contributed by atoms with E-state index in [0.29, 0.717) is 0 Å². The number of anilines is 1. The molecule has 4 aliphatic rings. The highest BCUT2D eigenvalue weighted by Gasteiger charge is 2.44. The van der Waals surface area contributed by atoms with Crippen molar-refractivity contribution in [2.24, 2.45) is 0 Å². The minimum Gasteiger partial charge on any atom is -0.545 e. The molecule has 2 saturated heterocycles. The summed E-state index contributed by atoms with van der Waals surface area (Å²) in [6.07, 6.45) is 2.04. The summed E-state index contributed by atoms with van der Waals surface area (Å²) in [5.41, 5.74) is -4.49. The number of hydrogen-bond acceptors (Lipinski definition) is 5. The highest BCUT2D eigenvalue weighted by atomic mass is 19.2. The minimum absolute atomic E-state index is 0.0660. The molecule has 3 aliphatic heterocycles. The van der Waals surface area contributed by atoms with Crippen molar-refractivity contribution in [1.29, 1.82) is 5.26 Å². The Kier molecular flexibility index (Phi) is 5.81. The Labute approximate surface area is 226 Å². The van der Waals surface area contributed by atoms with Crippen LogP contribution in [0.25, 0.3) is 38.3 Å². The molecular formula is C30H21F3N4O3. The number of aromatic carboxylic acids is 1. The van der Waals surface area contributed by atoms with E-state index in [9.17, 15) is 15.2 Å². The van der Waals surface area contributed by atoms with Gasteiger partial charge in [-0.05, 0) is 24.6 Å². The summed E-state index contributed by atoms with van der Waals surface area (Å²) in [7, 11) is 0. The van der Waals surface area contributed by atoms with Crippen LogP contribution in [0.5, 0.6) is 0 Å². The Balaban J connectivity index is 1.79. The summed E-state index contributed by atoms with van der Waals surface area (Å²) in [5.74, 6) is -7.22. The highest BCUT2D eigenvalue weighted by Crippen LogP contribution is 2.46. The summed E-state index contributed by atoms with van der Waals surface area (Å²) >= 11 is 0. The molecule has 0 aromatic heterocycles. The van der Waals surface area contributed by atoms with Crippen molar-refractivity contribution >= 4 is 22.6 Å². The van der Waals surface area contributed by atoms with Crippen molar-refractivity contribution in [3.05, 3.63) is 81.8 Å². The number of carboxylic acid groups (broad SMARTS) is 1. The average molecular weight is 543 g/mol. The van der Waals surface area contributed by atoms with Crippen molar-refractivity contribution in [2.45, 2.75) is 25.3 Å². The first-order valence-corrected chi connectivity index (χ1v) is 12.7. The number of benzene rings is 3. The molecule has 0 amide bonds. The van der Waals surface area contributed by atoms with E-state index in [1.807, 2.05) is 0 Å². The van der Waals surface area contributed by atoms with Crippen molar-refractivity contribution in [1.82, 2.24) is 4.58 Å². The van der Waals surface area contributed by atoms with Gasteiger partial charge in [0.2, 0.25) is 5.36 Å². The fourth-order valence-electron chi connectivity index (χ4n) is 5.33. The molecule has 6 rings (SSSR count). The number of hydrogen-bond donors (Lipinski definition) is 0. The van der Waals surface area contributed by atoms with Crippen LogP contribution >= 0.6 is 0 Å². The van der Waals surface area contributed by atoms with E-state index < -0.39 is 45.7 Å². The molecule has 0 bridgehead atoms. The zero-order valence-electron chi connectivity index (χ0n) is 21.4. The standard InChI is InChI=1S/C30H21F3N4O3/c1-30(15-34,35-2)25-26(31)23(24(29(38)39)27(32)28(25)33)22-18-7-5-16(36-9-3-10-36)13-20(18)40-21-14-17(6-8-19(21)22)37-11-4-12-37/h5-8,13-14H,3-4,9-12H2,1H3. The lowest BCUT2D eigenvalue weighted by atomic mass is 9.84. The molecule has 10 heteroatoms. The third-order valence-electron chi connectivity index (χ3n) is 7.83. The molecule has 1 unspecified atom stereocenters. The molecule has 7 nitrogen and oxygen atoms in total. The van der Waals surface area contributed by atoms with Gasteiger partial charge >= 0.3 is 5.54 Å². The fraction of sp³-hybridized carbons (Fsp3) is 0.267. The van der Waals surface area contributed by atoms with Crippen LogP contribution in [0.4, 0.5) is 18.9 Å². The quantitative estimate of drug-likeness (QED) is 0.168. The Morgan fingerprint density at radius 2 is 1.85 bits per heavy atom. The van der Waals surface area contributed by atoms with Crippen LogP contribution in [-0.2, 0) is 5.54 Å². The topological polar surface area (TPSA) is 87.7 Å². The van der Waals surface area contributed by atoms with Crippen molar-refractivity contribution in [2.75, 3.05) is 31.1 Å². The molecule has 1 atom stereocenters. The molecule has 40 heavy (non-hydrogen) atoms. The highest BCUT2D eigenvalue weighted by molar-refractivity contribution is 6.08. The molecule has 2 fully saturated rings. The largest absolute Gasteiger partial charge is 0.545 e. The maximum atomic E-state index is 16.4. The SMILES string of the molecule is [C-]#[N+]C(C)(C#N)c1c(F)c(F)c(C(=O)[O-])c(-c2c3ccc(=[N+]4CCC4)cc-3oc3cc(N4CCC4)ccc23)c1F. The molecule has 1 aliphatic carbocycles. The lowest BCUT2D eigenvalue weighted by molar-refractivity contribution is -0.255. The van der Waals surface area contributed by atoms with E-state index >= 15 is 13.2 Å². The van der Waals surface area contributed by atoms with Gasteiger partial charge in [0.15, 0.2) is 17.7 Å². The molecule has 0 spiro atoms.